The molecule has 0 unspecified atom stereocenters. The summed E-state index contributed by atoms with van der Waals surface area (Å²) in [6.45, 7) is 2.06. The third kappa shape index (κ3) is 2.62. The molecule has 1 aliphatic carbocycles. The molecule has 0 radical (unpaired) electrons. The maximum absolute atomic E-state index is 12.1. The Bertz CT molecular complexity index is 576. The van der Waals surface area contributed by atoms with E-state index in [2.05, 4.69) is 27.8 Å². The van der Waals surface area contributed by atoms with Gasteiger partial charge in [0, 0.05) is 11.6 Å². The zero-order valence-electron chi connectivity index (χ0n) is 10.7. The monoisotopic (exact) mass is 257 g/mol. The highest BCUT2D eigenvalue weighted by Gasteiger charge is 2.29. The van der Waals surface area contributed by atoms with Gasteiger partial charge in [0.1, 0.15) is 6.33 Å². The Morgan fingerprint density at radius 2 is 2.32 bits per heavy atom. The SMILES string of the molecule is C[C@H](NC(=O)c1cccc(-n2cnnn2)c1)C1CC1. The molecule has 1 fully saturated rings. The summed E-state index contributed by atoms with van der Waals surface area (Å²) in [5.74, 6) is 0.598. The highest BCUT2D eigenvalue weighted by molar-refractivity contribution is 5.94. The Labute approximate surface area is 110 Å². The van der Waals surface area contributed by atoms with Gasteiger partial charge in [0.15, 0.2) is 0 Å². The second-order valence-corrected chi connectivity index (χ2v) is 4.90. The predicted molar refractivity (Wildman–Crippen MR) is 68.8 cm³/mol. The van der Waals surface area contributed by atoms with Crippen molar-refractivity contribution < 1.29 is 4.79 Å². The lowest BCUT2D eigenvalue weighted by Crippen LogP contribution is -2.34. The first-order valence-corrected chi connectivity index (χ1v) is 6.38. The van der Waals surface area contributed by atoms with Gasteiger partial charge in [-0.15, -0.1) is 5.10 Å². The fourth-order valence-electron chi connectivity index (χ4n) is 2.07. The Balaban J connectivity index is 1.77. The number of rotatable bonds is 4. The van der Waals surface area contributed by atoms with Crippen LogP contribution in [0.25, 0.3) is 5.69 Å². The molecular weight excluding hydrogens is 242 g/mol. The molecule has 0 aliphatic heterocycles. The van der Waals surface area contributed by atoms with Gasteiger partial charge in [-0.3, -0.25) is 4.79 Å². The van der Waals surface area contributed by atoms with Crippen LogP contribution in [0.3, 0.4) is 0 Å². The molecule has 0 bridgehead atoms. The molecule has 1 atom stereocenters. The molecule has 1 aromatic heterocycles. The van der Waals surface area contributed by atoms with Gasteiger partial charge in [-0.05, 0) is 54.3 Å². The molecule has 6 heteroatoms. The molecule has 98 valence electrons. The fraction of sp³-hybridized carbons (Fsp3) is 0.385. The Kier molecular flexibility index (Phi) is 2.98. The van der Waals surface area contributed by atoms with Crippen molar-refractivity contribution in [3.05, 3.63) is 36.2 Å². The summed E-state index contributed by atoms with van der Waals surface area (Å²) in [5.41, 5.74) is 1.40. The molecule has 1 amide bonds. The number of tetrazole rings is 1. The first-order chi connectivity index (χ1) is 9.24. The molecule has 2 aromatic rings. The first-order valence-electron chi connectivity index (χ1n) is 6.38. The second kappa shape index (κ2) is 4.79. The van der Waals surface area contributed by atoms with Gasteiger partial charge in [0.25, 0.3) is 5.91 Å². The highest BCUT2D eigenvalue weighted by atomic mass is 16.1. The van der Waals surface area contributed by atoms with Gasteiger partial charge in [-0.2, -0.15) is 0 Å². The van der Waals surface area contributed by atoms with Crippen LogP contribution in [-0.4, -0.2) is 32.2 Å². The molecule has 1 heterocycles. The van der Waals surface area contributed by atoms with Gasteiger partial charge in [-0.1, -0.05) is 6.07 Å². The van der Waals surface area contributed by atoms with Crippen molar-refractivity contribution >= 4 is 5.91 Å². The van der Waals surface area contributed by atoms with Crippen LogP contribution in [0.5, 0.6) is 0 Å². The quantitative estimate of drug-likeness (QED) is 0.893. The molecular formula is C13H15N5O. The summed E-state index contributed by atoms with van der Waals surface area (Å²) in [6, 6.07) is 7.50. The minimum absolute atomic E-state index is 0.0469. The van der Waals surface area contributed by atoms with Crippen molar-refractivity contribution in [3.8, 4) is 5.69 Å². The van der Waals surface area contributed by atoms with E-state index in [1.807, 2.05) is 12.1 Å². The molecule has 19 heavy (non-hydrogen) atoms. The summed E-state index contributed by atoms with van der Waals surface area (Å²) >= 11 is 0. The lowest BCUT2D eigenvalue weighted by Gasteiger charge is -2.13. The Morgan fingerprint density at radius 3 is 3.00 bits per heavy atom. The van der Waals surface area contributed by atoms with E-state index in [0.717, 1.165) is 5.69 Å². The third-order valence-corrected chi connectivity index (χ3v) is 3.41. The van der Waals surface area contributed by atoms with Crippen molar-refractivity contribution in [1.29, 1.82) is 0 Å². The van der Waals surface area contributed by atoms with Gasteiger partial charge in [0.2, 0.25) is 0 Å². The van der Waals surface area contributed by atoms with Crippen molar-refractivity contribution in [3.63, 3.8) is 0 Å². The van der Waals surface area contributed by atoms with E-state index in [4.69, 9.17) is 0 Å². The van der Waals surface area contributed by atoms with Crippen molar-refractivity contribution in [2.24, 2.45) is 5.92 Å². The molecule has 0 spiro atoms. The average Bonchev–Trinajstić information content (AvgIpc) is 3.14. The van der Waals surface area contributed by atoms with Crippen molar-refractivity contribution in [2.45, 2.75) is 25.8 Å². The second-order valence-electron chi connectivity index (χ2n) is 4.90. The number of benzene rings is 1. The molecule has 3 rings (SSSR count). The van der Waals surface area contributed by atoms with Crippen LogP contribution in [0.1, 0.15) is 30.1 Å². The summed E-state index contributed by atoms with van der Waals surface area (Å²) < 4.78 is 1.53. The molecule has 1 aromatic carbocycles. The Hall–Kier alpha value is -2.24. The predicted octanol–water partition coefficient (Wildman–Crippen LogP) is 1.19. The zero-order chi connectivity index (χ0) is 13.2. The van der Waals surface area contributed by atoms with Crippen molar-refractivity contribution in [2.75, 3.05) is 0 Å². The normalized spacial score (nSPS) is 16.1. The smallest absolute Gasteiger partial charge is 0.251 e. The van der Waals surface area contributed by atoms with E-state index < -0.39 is 0 Å². The molecule has 1 aliphatic rings. The molecule has 0 saturated heterocycles. The minimum Gasteiger partial charge on any atom is -0.349 e. The summed E-state index contributed by atoms with van der Waals surface area (Å²) in [7, 11) is 0. The number of amides is 1. The van der Waals surface area contributed by atoms with E-state index in [0.29, 0.717) is 11.5 Å². The number of carbonyl (C=O) groups is 1. The maximum atomic E-state index is 12.1. The number of hydrogen-bond acceptors (Lipinski definition) is 4. The number of hydrogen-bond donors (Lipinski definition) is 1. The highest BCUT2D eigenvalue weighted by Crippen LogP contribution is 2.32. The maximum Gasteiger partial charge on any atom is 0.251 e. The minimum atomic E-state index is -0.0469. The van der Waals surface area contributed by atoms with Crippen LogP contribution in [-0.2, 0) is 0 Å². The Morgan fingerprint density at radius 1 is 1.47 bits per heavy atom. The van der Waals surface area contributed by atoms with Crippen LogP contribution in [0.4, 0.5) is 0 Å². The molecule has 1 N–H and O–H groups in total. The van der Waals surface area contributed by atoms with E-state index >= 15 is 0 Å². The standard InChI is InChI=1S/C13H15N5O/c1-9(10-5-6-10)15-13(19)11-3-2-4-12(7-11)18-8-14-16-17-18/h2-4,7-10H,5-6H2,1H3,(H,15,19)/t9-/m0/s1. The van der Waals surface area contributed by atoms with Crippen LogP contribution >= 0.6 is 0 Å². The molecule has 1 saturated carbocycles. The van der Waals surface area contributed by atoms with Gasteiger partial charge >= 0.3 is 0 Å². The summed E-state index contributed by atoms with van der Waals surface area (Å²) in [5, 5.41) is 14.0. The van der Waals surface area contributed by atoms with Crippen LogP contribution in [0, 0.1) is 5.92 Å². The van der Waals surface area contributed by atoms with Crippen molar-refractivity contribution in [1.82, 2.24) is 25.5 Å². The summed E-state index contributed by atoms with van der Waals surface area (Å²) in [6.07, 6.45) is 3.93. The number of aromatic nitrogens is 4. The van der Waals surface area contributed by atoms with E-state index in [-0.39, 0.29) is 11.9 Å². The topological polar surface area (TPSA) is 72.7 Å². The molecule has 6 nitrogen and oxygen atoms in total. The first kappa shape index (κ1) is 11.8. The van der Waals surface area contributed by atoms with Gasteiger partial charge < -0.3 is 5.32 Å². The number of nitrogens with zero attached hydrogens (tertiary/aromatic N) is 4. The van der Waals surface area contributed by atoms with Crippen LogP contribution in [0.15, 0.2) is 30.6 Å². The van der Waals surface area contributed by atoms with E-state index in [1.54, 1.807) is 12.1 Å². The third-order valence-electron chi connectivity index (χ3n) is 3.41. The average molecular weight is 257 g/mol. The fourth-order valence-corrected chi connectivity index (χ4v) is 2.07. The number of carbonyl (C=O) groups excluding carboxylic acids is 1. The van der Waals surface area contributed by atoms with Gasteiger partial charge in [0.05, 0.1) is 5.69 Å². The lowest BCUT2D eigenvalue weighted by atomic mass is 10.1. The van der Waals surface area contributed by atoms with E-state index in [9.17, 15) is 4.79 Å². The van der Waals surface area contributed by atoms with Crippen LogP contribution < -0.4 is 5.32 Å². The zero-order valence-corrected chi connectivity index (χ0v) is 10.7. The van der Waals surface area contributed by atoms with Gasteiger partial charge in [-0.25, -0.2) is 4.68 Å². The lowest BCUT2D eigenvalue weighted by molar-refractivity contribution is 0.0936. The summed E-state index contributed by atoms with van der Waals surface area (Å²) in [4.78, 5) is 12.1. The van der Waals surface area contributed by atoms with E-state index in [1.165, 1.54) is 23.9 Å². The van der Waals surface area contributed by atoms with Crippen LogP contribution in [0.2, 0.25) is 0 Å². The number of nitrogens with one attached hydrogen (secondary N) is 1. The largest absolute Gasteiger partial charge is 0.349 e.